The molecule has 0 amide bonds. The van der Waals surface area contributed by atoms with Gasteiger partial charge in [-0.2, -0.15) is 0 Å². The minimum atomic E-state index is -0.0703. The molecule has 0 unspecified atom stereocenters. The molecule has 2 N–H and O–H groups in total. The fourth-order valence-electron chi connectivity index (χ4n) is 2.36. The van der Waals surface area contributed by atoms with E-state index in [2.05, 4.69) is 24.6 Å². The molecule has 0 atom stereocenters. The van der Waals surface area contributed by atoms with Crippen molar-refractivity contribution in [1.29, 1.82) is 0 Å². The number of aryl methyl sites for hydroxylation is 1. The Balaban J connectivity index is 2.76. The maximum Gasteiger partial charge on any atom is 0.162 e. The predicted octanol–water partition coefficient (Wildman–Crippen LogP) is 2.43. The largest absolute Gasteiger partial charge is 0.493 e. The number of nitrogens with two attached hydrogens (primary N) is 1. The molecule has 1 aromatic carbocycles. The Morgan fingerprint density at radius 2 is 1.74 bits per heavy atom. The fourth-order valence-corrected chi connectivity index (χ4v) is 2.36. The number of rotatable bonds is 4. The minimum Gasteiger partial charge on any atom is -0.493 e. The monoisotopic (exact) mass is 262 g/mol. The lowest BCUT2D eigenvalue weighted by Crippen LogP contribution is -2.27. The summed E-state index contributed by atoms with van der Waals surface area (Å²) in [6.07, 6.45) is 2.14. The topological polar surface area (TPSA) is 49.4 Å². The van der Waals surface area contributed by atoms with Gasteiger partial charge in [0.1, 0.15) is 0 Å². The Labute approximate surface area is 114 Å². The molecule has 2 rings (SSSR count). The zero-order valence-electron chi connectivity index (χ0n) is 12.3. The summed E-state index contributed by atoms with van der Waals surface area (Å²) < 4.78 is 12.8. The van der Waals surface area contributed by atoms with Crippen molar-refractivity contribution < 1.29 is 9.47 Å². The number of nitrogens with zero attached hydrogens (tertiary/aromatic N) is 1. The van der Waals surface area contributed by atoms with Crippen LogP contribution in [0.4, 0.5) is 0 Å². The van der Waals surface area contributed by atoms with Crippen molar-refractivity contribution in [3.63, 3.8) is 0 Å². The second-order valence-electron chi connectivity index (χ2n) is 5.47. The van der Waals surface area contributed by atoms with Crippen molar-refractivity contribution in [2.45, 2.75) is 19.3 Å². The Hall–Kier alpha value is -1.68. The first-order valence-electron chi connectivity index (χ1n) is 6.36. The van der Waals surface area contributed by atoms with Gasteiger partial charge in [0, 0.05) is 36.7 Å². The van der Waals surface area contributed by atoms with E-state index in [0.717, 1.165) is 22.4 Å². The minimum absolute atomic E-state index is 0.0703. The van der Waals surface area contributed by atoms with E-state index in [0.29, 0.717) is 6.54 Å². The normalized spacial score (nSPS) is 11.9. The van der Waals surface area contributed by atoms with E-state index in [1.54, 1.807) is 14.2 Å². The number of methoxy groups -OCH3 is 2. The van der Waals surface area contributed by atoms with Crippen molar-refractivity contribution in [2.24, 2.45) is 12.8 Å². The summed E-state index contributed by atoms with van der Waals surface area (Å²) >= 11 is 0. The summed E-state index contributed by atoms with van der Waals surface area (Å²) in [5.74, 6) is 1.49. The molecule has 2 aromatic rings. The lowest BCUT2D eigenvalue weighted by molar-refractivity contribution is 0.355. The highest BCUT2D eigenvalue weighted by atomic mass is 16.5. The van der Waals surface area contributed by atoms with E-state index in [-0.39, 0.29) is 5.41 Å². The van der Waals surface area contributed by atoms with Crippen molar-refractivity contribution in [3.8, 4) is 11.5 Å². The molecule has 0 aliphatic carbocycles. The molecule has 0 radical (unpaired) electrons. The zero-order chi connectivity index (χ0) is 14.2. The van der Waals surface area contributed by atoms with Crippen LogP contribution in [0.15, 0.2) is 18.3 Å². The highest BCUT2D eigenvalue weighted by Gasteiger charge is 2.24. The Kier molecular flexibility index (Phi) is 3.45. The average molecular weight is 262 g/mol. The van der Waals surface area contributed by atoms with E-state index in [4.69, 9.17) is 15.2 Å². The van der Waals surface area contributed by atoms with E-state index >= 15 is 0 Å². The molecule has 104 valence electrons. The van der Waals surface area contributed by atoms with Crippen LogP contribution in [-0.2, 0) is 12.5 Å². The summed E-state index contributed by atoms with van der Waals surface area (Å²) in [5, 5.41) is 1.16. The molecule has 0 saturated heterocycles. The van der Waals surface area contributed by atoms with Crippen LogP contribution in [0.1, 0.15) is 19.4 Å². The first-order valence-corrected chi connectivity index (χ1v) is 6.36. The molecule has 0 aliphatic heterocycles. The Bertz CT molecular complexity index is 600. The predicted molar refractivity (Wildman–Crippen MR) is 78.1 cm³/mol. The second-order valence-corrected chi connectivity index (χ2v) is 5.47. The summed E-state index contributed by atoms with van der Waals surface area (Å²) in [7, 11) is 5.34. The molecule has 0 bridgehead atoms. The lowest BCUT2D eigenvalue weighted by atomic mass is 9.84. The van der Waals surface area contributed by atoms with Crippen molar-refractivity contribution in [2.75, 3.05) is 20.8 Å². The number of ether oxygens (including phenoxy) is 2. The van der Waals surface area contributed by atoms with Gasteiger partial charge in [0.2, 0.25) is 0 Å². The third-order valence-electron chi connectivity index (χ3n) is 3.73. The van der Waals surface area contributed by atoms with Gasteiger partial charge in [-0.15, -0.1) is 0 Å². The number of fused-ring (bicyclic) bond motifs is 1. The van der Waals surface area contributed by atoms with E-state index in [1.807, 2.05) is 19.2 Å². The number of hydrogen-bond acceptors (Lipinski definition) is 3. The molecular formula is C15H22N2O2. The smallest absolute Gasteiger partial charge is 0.162 e. The molecule has 0 spiro atoms. The Morgan fingerprint density at radius 3 is 2.26 bits per heavy atom. The molecule has 4 nitrogen and oxygen atoms in total. The summed E-state index contributed by atoms with van der Waals surface area (Å²) in [6.45, 7) is 4.90. The molecular weight excluding hydrogens is 240 g/mol. The maximum atomic E-state index is 5.90. The van der Waals surface area contributed by atoms with Crippen LogP contribution in [0.5, 0.6) is 11.5 Å². The molecule has 1 aromatic heterocycles. The summed E-state index contributed by atoms with van der Waals surface area (Å²) in [4.78, 5) is 0. The van der Waals surface area contributed by atoms with Crippen molar-refractivity contribution in [1.82, 2.24) is 4.57 Å². The molecule has 1 heterocycles. The quantitative estimate of drug-likeness (QED) is 0.920. The van der Waals surface area contributed by atoms with Gasteiger partial charge in [-0.3, -0.25) is 0 Å². The highest BCUT2D eigenvalue weighted by molar-refractivity contribution is 5.88. The van der Waals surface area contributed by atoms with Crippen molar-refractivity contribution >= 4 is 10.9 Å². The average Bonchev–Trinajstić information content (AvgIpc) is 2.74. The summed E-state index contributed by atoms with van der Waals surface area (Å²) in [5.41, 5.74) is 8.18. The fraction of sp³-hybridized carbons (Fsp3) is 0.467. The van der Waals surface area contributed by atoms with Gasteiger partial charge in [0.05, 0.1) is 19.7 Å². The standard InChI is InChI=1S/C15H22N2O2/c1-15(2,9-16)11-8-17(3)12-7-14(19-5)13(18-4)6-10(11)12/h6-8H,9,16H2,1-5H3. The first-order chi connectivity index (χ1) is 8.94. The molecule has 0 fully saturated rings. The highest BCUT2D eigenvalue weighted by Crippen LogP contribution is 2.38. The maximum absolute atomic E-state index is 5.90. The van der Waals surface area contributed by atoms with Crippen LogP contribution in [0.3, 0.4) is 0 Å². The van der Waals surface area contributed by atoms with Gasteiger partial charge in [0.15, 0.2) is 11.5 Å². The summed E-state index contributed by atoms with van der Waals surface area (Å²) in [6, 6.07) is 4.03. The first kappa shape index (κ1) is 13.7. The van der Waals surface area contributed by atoms with Gasteiger partial charge < -0.3 is 19.8 Å². The van der Waals surface area contributed by atoms with E-state index < -0.39 is 0 Å². The van der Waals surface area contributed by atoms with Gasteiger partial charge in [0.25, 0.3) is 0 Å². The van der Waals surface area contributed by atoms with Crippen LogP contribution in [0.25, 0.3) is 10.9 Å². The van der Waals surface area contributed by atoms with Gasteiger partial charge >= 0.3 is 0 Å². The van der Waals surface area contributed by atoms with Gasteiger partial charge in [-0.05, 0) is 11.6 Å². The SMILES string of the molecule is COc1cc2c(C(C)(C)CN)cn(C)c2cc1OC. The third kappa shape index (κ3) is 2.16. The van der Waals surface area contributed by atoms with Crippen LogP contribution in [-0.4, -0.2) is 25.3 Å². The number of benzene rings is 1. The second kappa shape index (κ2) is 4.78. The lowest BCUT2D eigenvalue weighted by Gasteiger charge is -2.22. The van der Waals surface area contributed by atoms with Crippen LogP contribution < -0.4 is 15.2 Å². The van der Waals surface area contributed by atoms with Gasteiger partial charge in [-0.25, -0.2) is 0 Å². The third-order valence-corrected chi connectivity index (χ3v) is 3.73. The molecule has 0 saturated carbocycles. The molecule has 0 aliphatic rings. The molecule has 4 heteroatoms. The number of hydrogen-bond donors (Lipinski definition) is 1. The zero-order valence-corrected chi connectivity index (χ0v) is 12.3. The Morgan fingerprint density at radius 1 is 1.16 bits per heavy atom. The van der Waals surface area contributed by atoms with Crippen molar-refractivity contribution in [3.05, 3.63) is 23.9 Å². The van der Waals surface area contributed by atoms with Crippen LogP contribution >= 0.6 is 0 Å². The molecule has 19 heavy (non-hydrogen) atoms. The van der Waals surface area contributed by atoms with E-state index in [1.165, 1.54) is 5.56 Å². The van der Waals surface area contributed by atoms with Gasteiger partial charge in [-0.1, -0.05) is 13.8 Å². The van der Waals surface area contributed by atoms with Crippen LogP contribution in [0, 0.1) is 0 Å². The number of aromatic nitrogens is 1. The van der Waals surface area contributed by atoms with E-state index in [9.17, 15) is 0 Å². The van der Waals surface area contributed by atoms with Crippen LogP contribution in [0.2, 0.25) is 0 Å².